The first-order valence-electron chi connectivity index (χ1n) is 8.50. The molecule has 0 aliphatic carbocycles. The van der Waals surface area contributed by atoms with Crippen LogP contribution in [0.4, 0.5) is 0 Å². The topological polar surface area (TPSA) is 67.9 Å². The first kappa shape index (κ1) is 19.5. The maximum absolute atomic E-state index is 12.4. The van der Waals surface area contributed by atoms with Crippen LogP contribution in [0.3, 0.4) is 0 Å². The number of methoxy groups -OCH3 is 1. The molecule has 0 atom stereocenters. The maximum Gasteiger partial charge on any atom is 0.209 e. The number of nitrogens with zero attached hydrogens (tertiary/aromatic N) is 2. The van der Waals surface area contributed by atoms with Gasteiger partial charge < -0.3 is 4.74 Å². The number of aromatic amines is 1. The van der Waals surface area contributed by atoms with Crippen molar-refractivity contribution < 1.29 is 9.53 Å². The number of nitrogens with one attached hydrogen (secondary N) is 1. The average Bonchev–Trinajstić information content (AvgIpc) is 3.15. The number of aromatic nitrogens is 3. The summed E-state index contributed by atoms with van der Waals surface area (Å²) in [7, 11) is 1.59. The fourth-order valence-corrected chi connectivity index (χ4v) is 3.43. The van der Waals surface area contributed by atoms with Crippen LogP contribution in [0, 0.1) is 0 Å². The summed E-state index contributed by atoms with van der Waals surface area (Å²) in [6, 6.07) is 13.0. The lowest BCUT2D eigenvalue weighted by atomic mass is 10.0. The minimum atomic E-state index is 0.0435. The van der Waals surface area contributed by atoms with Crippen LogP contribution in [-0.4, -0.2) is 33.8 Å². The van der Waals surface area contributed by atoms with E-state index in [2.05, 4.69) is 29.0 Å². The van der Waals surface area contributed by atoms with Crippen LogP contribution >= 0.6 is 23.4 Å². The van der Waals surface area contributed by atoms with Crippen LogP contribution in [0.1, 0.15) is 35.7 Å². The van der Waals surface area contributed by atoms with Crippen molar-refractivity contribution in [3.63, 3.8) is 0 Å². The van der Waals surface area contributed by atoms with Gasteiger partial charge in [0.05, 0.1) is 18.4 Å². The lowest BCUT2D eigenvalue weighted by Crippen LogP contribution is -2.03. The smallest absolute Gasteiger partial charge is 0.209 e. The number of halogens is 1. The zero-order valence-corrected chi connectivity index (χ0v) is 16.9. The summed E-state index contributed by atoms with van der Waals surface area (Å²) in [5.41, 5.74) is 2.63. The van der Waals surface area contributed by atoms with Crippen molar-refractivity contribution in [2.24, 2.45) is 0 Å². The predicted octanol–water partition coefficient (Wildman–Crippen LogP) is 5.23. The lowest BCUT2D eigenvalue weighted by Gasteiger charge is -2.06. The number of carbonyl (C=O) groups excluding carboxylic acids is 1. The van der Waals surface area contributed by atoms with E-state index in [9.17, 15) is 4.79 Å². The molecule has 7 heteroatoms. The number of hydrogen-bond acceptors (Lipinski definition) is 5. The zero-order chi connectivity index (χ0) is 19.4. The summed E-state index contributed by atoms with van der Waals surface area (Å²) in [6.07, 6.45) is 0. The molecule has 0 fully saturated rings. The molecule has 0 spiro atoms. The Bertz CT molecular complexity index is 939. The van der Waals surface area contributed by atoms with Gasteiger partial charge in [0, 0.05) is 10.6 Å². The molecule has 0 aliphatic heterocycles. The Labute approximate surface area is 167 Å². The SMILES string of the molecule is COc1ccc(Cl)cc1-c1nc(SCC(=O)c2ccc(C(C)C)cc2)n[nH]1. The second-order valence-electron chi connectivity index (χ2n) is 6.30. The van der Waals surface area contributed by atoms with E-state index in [4.69, 9.17) is 16.3 Å². The summed E-state index contributed by atoms with van der Waals surface area (Å²) in [5, 5.41) is 8.13. The molecule has 3 rings (SSSR count). The fraction of sp³-hybridized carbons (Fsp3) is 0.250. The van der Waals surface area contributed by atoms with E-state index < -0.39 is 0 Å². The summed E-state index contributed by atoms with van der Waals surface area (Å²) in [6.45, 7) is 4.25. The third kappa shape index (κ3) is 4.70. The van der Waals surface area contributed by atoms with Gasteiger partial charge in [-0.15, -0.1) is 5.10 Å². The highest BCUT2D eigenvalue weighted by atomic mass is 35.5. The van der Waals surface area contributed by atoms with Gasteiger partial charge in [0.15, 0.2) is 11.6 Å². The summed E-state index contributed by atoms with van der Waals surface area (Å²) >= 11 is 7.35. The van der Waals surface area contributed by atoms with Crippen LogP contribution in [0.15, 0.2) is 47.6 Å². The fourth-order valence-electron chi connectivity index (χ4n) is 2.56. The molecule has 1 heterocycles. The van der Waals surface area contributed by atoms with Crippen molar-refractivity contribution in [1.29, 1.82) is 0 Å². The van der Waals surface area contributed by atoms with Crippen molar-refractivity contribution in [2.75, 3.05) is 12.9 Å². The highest BCUT2D eigenvalue weighted by molar-refractivity contribution is 7.99. The van der Waals surface area contributed by atoms with E-state index in [1.165, 1.54) is 17.3 Å². The van der Waals surface area contributed by atoms with Gasteiger partial charge in [-0.05, 0) is 29.7 Å². The van der Waals surface area contributed by atoms with Crippen molar-refractivity contribution in [1.82, 2.24) is 15.2 Å². The molecule has 2 aromatic carbocycles. The second kappa shape index (κ2) is 8.59. The number of thioether (sulfide) groups is 1. The molecule has 27 heavy (non-hydrogen) atoms. The molecule has 0 aliphatic rings. The summed E-state index contributed by atoms with van der Waals surface area (Å²) in [4.78, 5) is 16.8. The monoisotopic (exact) mass is 401 g/mol. The van der Waals surface area contributed by atoms with Crippen molar-refractivity contribution in [3.05, 3.63) is 58.6 Å². The van der Waals surface area contributed by atoms with E-state index in [-0.39, 0.29) is 11.5 Å². The molecule has 1 N–H and O–H groups in total. The van der Waals surface area contributed by atoms with E-state index in [0.717, 1.165) is 5.56 Å². The Morgan fingerprint density at radius 3 is 2.63 bits per heavy atom. The van der Waals surface area contributed by atoms with Gasteiger partial charge in [-0.25, -0.2) is 4.98 Å². The Balaban J connectivity index is 1.68. The number of ketones is 1. The molecule has 0 saturated heterocycles. The van der Waals surface area contributed by atoms with E-state index in [1.54, 1.807) is 25.3 Å². The highest BCUT2D eigenvalue weighted by Crippen LogP contribution is 2.31. The number of Topliss-reactive ketones (excluding diaryl/α,β-unsaturated/α-hetero) is 1. The number of H-pyrrole nitrogens is 1. The van der Waals surface area contributed by atoms with Gasteiger partial charge in [-0.1, -0.05) is 61.5 Å². The van der Waals surface area contributed by atoms with Crippen LogP contribution in [-0.2, 0) is 0 Å². The Hall–Kier alpha value is -2.31. The standard InChI is InChI=1S/C20H20ClN3O2S/c1-12(2)13-4-6-14(7-5-13)17(25)11-27-20-22-19(23-24-20)16-10-15(21)8-9-18(16)26-3/h4-10,12H,11H2,1-3H3,(H,22,23,24). The average molecular weight is 402 g/mol. The van der Waals surface area contributed by atoms with E-state index >= 15 is 0 Å². The van der Waals surface area contributed by atoms with Gasteiger partial charge in [0.25, 0.3) is 0 Å². The quantitative estimate of drug-likeness (QED) is 0.433. The van der Waals surface area contributed by atoms with Crippen molar-refractivity contribution in [3.8, 4) is 17.1 Å². The summed E-state index contributed by atoms with van der Waals surface area (Å²) < 4.78 is 5.34. The molecule has 140 valence electrons. The van der Waals surface area contributed by atoms with Crippen LogP contribution in [0.5, 0.6) is 5.75 Å². The van der Waals surface area contributed by atoms with E-state index in [0.29, 0.717) is 33.2 Å². The first-order chi connectivity index (χ1) is 13.0. The molecular weight excluding hydrogens is 382 g/mol. The molecule has 0 radical (unpaired) electrons. The van der Waals surface area contributed by atoms with Gasteiger partial charge >= 0.3 is 0 Å². The van der Waals surface area contributed by atoms with Crippen LogP contribution in [0.25, 0.3) is 11.4 Å². The minimum absolute atomic E-state index is 0.0435. The Kier molecular flexibility index (Phi) is 6.19. The second-order valence-corrected chi connectivity index (χ2v) is 7.68. The molecule has 5 nitrogen and oxygen atoms in total. The normalized spacial score (nSPS) is 11.0. The van der Waals surface area contributed by atoms with Crippen molar-refractivity contribution in [2.45, 2.75) is 24.9 Å². The molecule has 1 aromatic heterocycles. The minimum Gasteiger partial charge on any atom is -0.496 e. The Morgan fingerprint density at radius 1 is 1.22 bits per heavy atom. The first-order valence-corrected chi connectivity index (χ1v) is 9.86. The van der Waals surface area contributed by atoms with Gasteiger partial charge in [0.1, 0.15) is 5.75 Å². The largest absolute Gasteiger partial charge is 0.496 e. The zero-order valence-electron chi connectivity index (χ0n) is 15.3. The third-order valence-electron chi connectivity index (χ3n) is 4.11. The highest BCUT2D eigenvalue weighted by Gasteiger charge is 2.14. The molecule has 0 bridgehead atoms. The number of hydrogen-bond donors (Lipinski definition) is 1. The molecular formula is C20H20ClN3O2S. The van der Waals surface area contributed by atoms with Crippen LogP contribution in [0.2, 0.25) is 5.02 Å². The molecule has 3 aromatic rings. The number of carbonyl (C=O) groups is 1. The van der Waals surface area contributed by atoms with Crippen LogP contribution < -0.4 is 4.74 Å². The predicted molar refractivity (Wildman–Crippen MR) is 109 cm³/mol. The van der Waals surface area contributed by atoms with Gasteiger partial charge in [-0.3, -0.25) is 9.89 Å². The molecule has 0 saturated carbocycles. The number of ether oxygens (including phenoxy) is 1. The lowest BCUT2D eigenvalue weighted by molar-refractivity contribution is 0.102. The number of rotatable bonds is 7. The molecule has 0 unspecified atom stereocenters. The maximum atomic E-state index is 12.4. The van der Waals surface area contributed by atoms with Gasteiger partial charge in [0.2, 0.25) is 5.16 Å². The summed E-state index contributed by atoms with van der Waals surface area (Å²) in [5.74, 6) is 1.95. The molecule has 0 amide bonds. The van der Waals surface area contributed by atoms with E-state index in [1.807, 2.05) is 24.3 Å². The Morgan fingerprint density at radius 2 is 1.96 bits per heavy atom. The number of benzene rings is 2. The van der Waals surface area contributed by atoms with Crippen molar-refractivity contribution >= 4 is 29.1 Å². The third-order valence-corrected chi connectivity index (χ3v) is 5.20. The van der Waals surface area contributed by atoms with Gasteiger partial charge in [-0.2, -0.15) is 0 Å².